The Morgan fingerprint density at radius 2 is 1.96 bits per heavy atom. The van der Waals surface area contributed by atoms with E-state index in [-0.39, 0.29) is 25.6 Å². The van der Waals surface area contributed by atoms with E-state index in [1.54, 1.807) is 12.1 Å². The monoisotopic (exact) mass is 444 g/mol. The fourth-order valence-corrected chi connectivity index (χ4v) is 2.69. The Bertz CT molecular complexity index is 820. The van der Waals surface area contributed by atoms with Crippen LogP contribution in [0.2, 0.25) is 0 Å². The van der Waals surface area contributed by atoms with Crippen LogP contribution in [0.4, 0.5) is 24.5 Å². The zero-order valence-electron chi connectivity index (χ0n) is 13.5. The molecule has 0 unspecified atom stereocenters. The van der Waals surface area contributed by atoms with Gasteiger partial charge in [0.05, 0.1) is 40.9 Å². The molecular weight excluding hydrogens is 425 g/mol. The molecule has 1 saturated carbocycles. The van der Waals surface area contributed by atoms with Gasteiger partial charge in [-0.25, -0.2) is 0 Å². The van der Waals surface area contributed by atoms with Crippen LogP contribution < -0.4 is 16.4 Å². The van der Waals surface area contributed by atoms with Crippen molar-refractivity contribution in [3.63, 3.8) is 0 Å². The quantitative estimate of drug-likeness (QED) is 0.640. The Hall–Kier alpha value is -2.13. The lowest BCUT2D eigenvalue weighted by molar-refractivity contribution is -0.137. The molecule has 1 heterocycles. The lowest BCUT2D eigenvalue weighted by Gasteiger charge is -2.15. The van der Waals surface area contributed by atoms with Crippen LogP contribution in [0.15, 0.2) is 41.0 Å². The molecule has 27 heavy (non-hydrogen) atoms. The van der Waals surface area contributed by atoms with Gasteiger partial charge in [0, 0.05) is 4.47 Å². The molecule has 0 atom stereocenters. The molecule has 1 amide bonds. The second-order valence-corrected chi connectivity index (χ2v) is 7.11. The maximum Gasteiger partial charge on any atom is 0.418 e. The number of aromatic nitrogens is 1. The van der Waals surface area contributed by atoms with E-state index in [0.29, 0.717) is 28.7 Å². The van der Waals surface area contributed by atoms with Crippen molar-refractivity contribution in [2.24, 2.45) is 5.73 Å². The zero-order chi connectivity index (χ0) is 18.9. The first-order valence-corrected chi connectivity index (χ1v) is 8.63. The van der Waals surface area contributed by atoms with Gasteiger partial charge in [-0.3, -0.25) is 9.78 Å². The van der Waals surface area contributed by atoms with Crippen molar-refractivity contribution in [1.29, 1.82) is 0 Å². The average Bonchev–Trinajstić information content (AvgIpc) is 3.33. The van der Waals surface area contributed by atoms with E-state index in [1.807, 2.05) is 0 Å². The molecule has 0 bridgehead atoms. The minimum absolute atomic E-state index is 0. The third-order valence-electron chi connectivity index (χ3n) is 4.06. The average molecular weight is 445 g/mol. The summed E-state index contributed by atoms with van der Waals surface area (Å²) in [5.41, 5.74) is 5.18. The number of nitrogens with zero attached hydrogens (tertiary/aromatic N) is 1. The summed E-state index contributed by atoms with van der Waals surface area (Å²) >= 11 is 3.05. The molecule has 0 spiro atoms. The van der Waals surface area contributed by atoms with E-state index in [0.717, 1.165) is 6.07 Å². The summed E-state index contributed by atoms with van der Waals surface area (Å²) in [7, 11) is 0. The molecule has 2 aromatic rings. The van der Waals surface area contributed by atoms with Crippen molar-refractivity contribution in [3.8, 4) is 0 Å². The van der Waals surface area contributed by atoms with Gasteiger partial charge in [-0.05, 0) is 43.2 Å². The highest BCUT2D eigenvalue weighted by Gasteiger charge is 2.45. The molecule has 1 aromatic carbocycles. The van der Waals surface area contributed by atoms with Crippen molar-refractivity contribution in [1.82, 2.24) is 10.3 Å². The molecule has 1 aliphatic rings. The van der Waals surface area contributed by atoms with Crippen LogP contribution in [-0.2, 0) is 17.5 Å². The predicted octanol–water partition coefficient (Wildman–Crippen LogP) is 4.35. The Balaban J connectivity index is 0.00000261. The van der Waals surface area contributed by atoms with Gasteiger partial charge in [0.1, 0.15) is 0 Å². The number of benzene rings is 1. The van der Waals surface area contributed by atoms with Gasteiger partial charge in [0.2, 0.25) is 5.91 Å². The molecule has 0 saturated heterocycles. The molecule has 1 fully saturated rings. The van der Waals surface area contributed by atoms with E-state index in [2.05, 4.69) is 31.5 Å². The van der Waals surface area contributed by atoms with Crippen molar-refractivity contribution in [3.05, 3.63) is 52.3 Å². The van der Waals surface area contributed by atoms with Gasteiger partial charge in [-0.2, -0.15) is 13.2 Å². The van der Waals surface area contributed by atoms with Crippen LogP contribution in [-0.4, -0.2) is 16.4 Å². The van der Waals surface area contributed by atoms with Crippen LogP contribution in [0.3, 0.4) is 0 Å². The molecule has 3 rings (SSSR count). The first kappa shape index (κ1) is 21.2. The van der Waals surface area contributed by atoms with Gasteiger partial charge < -0.3 is 16.4 Å². The Morgan fingerprint density at radius 1 is 1.26 bits per heavy atom. The number of carbonyl (C=O) groups excluding carboxylic acids is 1. The van der Waals surface area contributed by atoms with Gasteiger partial charge in [-0.1, -0.05) is 23.4 Å². The molecule has 9 heteroatoms. The molecular formula is C18H20BrF3N4O. The van der Waals surface area contributed by atoms with Crippen LogP contribution in [0.1, 0.15) is 31.5 Å². The minimum atomic E-state index is -4.48. The van der Waals surface area contributed by atoms with Crippen LogP contribution in [0.5, 0.6) is 0 Å². The summed E-state index contributed by atoms with van der Waals surface area (Å²) in [5.74, 6) is -0.216. The van der Waals surface area contributed by atoms with Crippen LogP contribution in [0.25, 0.3) is 0 Å². The van der Waals surface area contributed by atoms with E-state index < -0.39 is 17.3 Å². The van der Waals surface area contributed by atoms with Crippen molar-refractivity contribution < 1.29 is 18.0 Å². The standard InChI is InChI=1S/C17H16BrF3N4O.CH4/c18-10-1-4-14(13(7-10)17(19,20)21)25-12-3-2-11(23-9-12)8-24-15(26)16(22)5-6-16;/h1-4,7,9,25H,5-6,8,22H2,(H,24,26);1H4. The summed E-state index contributed by atoms with van der Waals surface area (Å²) < 4.78 is 39.8. The highest BCUT2D eigenvalue weighted by molar-refractivity contribution is 9.10. The molecule has 0 radical (unpaired) electrons. The topological polar surface area (TPSA) is 80.0 Å². The summed E-state index contributed by atoms with van der Waals surface area (Å²) in [5, 5.41) is 5.43. The fourth-order valence-electron chi connectivity index (χ4n) is 2.33. The Morgan fingerprint density at radius 3 is 2.52 bits per heavy atom. The SMILES string of the molecule is C.NC1(C(=O)NCc2ccc(Nc3ccc(Br)cc3C(F)(F)F)cn2)CC1. The molecule has 4 N–H and O–H groups in total. The first-order valence-electron chi connectivity index (χ1n) is 7.83. The van der Waals surface area contributed by atoms with Crippen LogP contribution >= 0.6 is 15.9 Å². The van der Waals surface area contributed by atoms with Gasteiger partial charge in [-0.15, -0.1) is 0 Å². The van der Waals surface area contributed by atoms with Gasteiger partial charge >= 0.3 is 6.18 Å². The smallest absolute Gasteiger partial charge is 0.354 e. The minimum Gasteiger partial charge on any atom is -0.354 e. The highest BCUT2D eigenvalue weighted by atomic mass is 79.9. The number of carbonyl (C=O) groups is 1. The zero-order valence-corrected chi connectivity index (χ0v) is 15.1. The first-order chi connectivity index (χ1) is 12.2. The normalized spacial score (nSPS) is 14.9. The second-order valence-electron chi connectivity index (χ2n) is 6.19. The molecule has 5 nitrogen and oxygen atoms in total. The summed E-state index contributed by atoms with van der Waals surface area (Å²) in [4.78, 5) is 15.9. The number of halogens is 4. The van der Waals surface area contributed by atoms with E-state index in [9.17, 15) is 18.0 Å². The maximum atomic E-state index is 13.1. The molecule has 1 aromatic heterocycles. The van der Waals surface area contributed by atoms with Crippen molar-refractivity contribution in [2.75, 3.05) is 5.32 Å². The van der Waals surface area contributed by atoms with Crippen molar-refractivity contribution >= 4 is 33.2 Å². The lowest BCUT2D eigenvalue weighted by Crippen LogP contribution is -2.42. The predicted molar refractivity (Wildman–Crippen MR) is 101 cm³/mol. The second kappa shape index (κ2) is 7.85. The number of nitrogens with one attached hydrogen (secondary N) is 2. The highest BCUT2D eigenvalue weighted by Crippen LogP contribution is 2.37. The summed E-state index contributed by atoms with van der Waals surface area (Å²) in [6, 6.07) is 7.11. The molecule has 0 aliphatic heterocycles. The Kier molecular flexibility index (Phi) is 6.16. The summed E-state index contributed by atoms with van der Waals surface area (Å²) in [6.45, 7) is 0.212. The number of alkyl halides is 3. The lowest BCUT2D eigenvalue weighted by atomic mass is 10.1. The number of pyridine rings is 1. The van der Waals surface area contributed by atoms with Crippen molar-refractivity contribution in [2.45, 2.75) is 38.5 Å². The van der Waals surface area contributed by atoms with Gasteiger partial charge in [0.25, 0.3) is 0 Å². The third kappa shape index (κ3) is 5.20. The van der Waals surface area contributed by atoms with Gasteiger partial charge in [0.15, 0.2) is 0 Å². The largest absolute Gasteiger partial charge is 0.418 e. The number of hydrogen-bond acceptors (Lipinski definition) is 4. The number of nitrogens with two attached hydrogens (primary N) is 1. The number of amides is 1. The number of hydrogen-bond donors (Lipinski definition) is 3. The fraction of sp³-hybridized carbons (Fsp3) is 0.333. The Labute approximate surface area is 163 Å². The van der Waals surface area contributed by atoms with Crippen LogP contribution in [0, 0.1) is 0 Å². The number of anilines is 2. The third-order valence-corrected chi connectivity index (χ3v) is 4.55. The van der Waals surface area contributed by atoms with E-state index >= 15 is 0 Å². The van der Waals surface area contributed by atoms with E-state index in [1.165, 1.54) is 18.3 Å². The summed E-state index contributed by atoms with van der Waals surface area (Å²) in [6.07, 6.45) is -1.72. The maximum absolute atomic E-state index is 13.1. The van der Waals surface area contributed by atoms with E-state index in [4.69, 9.17) is 5.73 Å². The molecule has 146 valence electrons. The molecule has 1 aliphatic carbocycles. The number of rotatable bonds is 5.